The molecule has 13 nitrogen and oxygen atoms in total. The lowest BCUT2D eigenvalue weighted by Gasteiger charge is -2.29. The van der Waals surface area contributed by atoms with Gasteiger partial charge in [0, 0.05) is 103 Å². The van der Waals surface area contributed by atoms with E-state index in [9.17, 15) is 0 Å². The number of nitrogens with zero attached hydrogens (tertiary/aromatic N) is 1. The van der Waals surface area contributed by atoms with E-state index >= 15 is 0 Å². The van der Waals surface area contributed by atoms with Gasteiger partial charge in [-0.05, 0) is 155 Å². The number of rotatable bonds is 37. The Hall–Kier alpha value is -2.02. The summed E-state index contributed by atoms with van der Waals surface area (Å²) in [5.74, 6) is 0. The average molecular weight is 981 g/mol. The van der Waals surface area contributed by atoms with Crippen molar-refractivity contribution in [2.45, 2.75) is 128 Å². The van der Waals surface area contributed by atoms with Gasteiger partial charge >= 0.3 is 35.2 Å². The minimum Gasteiger partial charge on any atom is -0.374 e. The van der Waals surface area contributed by atoms with E-state index in [1.165, 1.54) is 0 Å². The lowest BCUT2D eigenvalue weighted by atomic mass is 9.94. The van der Waals surface area contributed by atoms with Gasteiger partial charge in [0.1, 0.15) is 0 Å². The molecule has 2 aromatic carbocycles. The van der Waals surface area contributed by atoms with E-state index < -0.39 is 35.2 Å². The first kappa shape index (κ1) is 59.1. The van der Waals surface area contributed by atoms with Crippen molar-refractivity contribution in [2.24, 2.45) is 4.99 Å². The summed E-state index contributed by atoms with van der Waals surface area (Å²) in [6.45, 7) is 34.1. The Morgan fingerprint density at radius 2 is 0.785 bits per heavy atom. The van der Waals surface area contributed by atoms with E-state index in [1.54, 1.807) is 0 Å². The van der Waals surface area contributed by atoms with Crippen LogP contribution < -0.4 is 0 Å². The lowest BCUT2D eigenvalue weighted by molar-refractivity contribution is 0.0707. The predicted molar refractivity (Wildman–Crippen MR) is 271 cm³/mol. The minimum atomic E-state index is -3.16. The van der Waals surface area contributed by atoms with E-state index in [0.29, 0.717) is 111 Å². The number of benzene rings is 2. The van der Waals surface area contributed by atoms with E-state index in [1.807, 2.05) is 94.5 Å². The maximum absolute atomic E-state index is 6.32. The SMILES string of the molecule is CCO[Si](/C=C/c1cc(C)cc(/C=C/[Si](OCC)(OCC)OCC)c1CN=C(C)c1c(CC[Si](OCC)(OCC)OCC)cccc1CC[Si](OCC)(OCC)OCC)(OCC)OCC. The van der Waals surface area contributed by atoms with Crippen LogP contribution in [0.4, 0.5) is 0 Å². The predicted octanol–water partition coefficient (Wildman–Crippen LogP) is 10.4. The van der Waals surface area contributed by atoms with Crippen LogP contribution in [0.25, 0.3) is 12.2 Å². The number of aryl methyl sites for hydroxylation is 3. The molecule has 0 aromatic heterocycles. The molecule has 0 fully saturated rings. The molecule has 0 atom stereocenters. The topological polar surface area (TPSA) is 123 Å². The zero-order chi connectivity index (χ0) is 48.2. The fraction of sp³-hybridized carbons (Fsp3) is 0.646. The lowest BCUT2D eigenvalue weighted by Crippen LogP contribution is -2.46. The molecule has 0 saturated carbocycles. The third-order valence-electron chi connectivity index (χ3n) is 10.1. The maximum atomic E-state index is 6.32. The largest absolute Gasteiger partial charge is 0.529 e. The van der Waals surface area contributed by atoms with E-state index in [0.717, 1.165) is 44.7 Å². The first-order valence-electron chi connectivity index (χ1n) is 24.2. The Morgan fingerprint density at radius 3 is 1.08 bits per heavy atom. The summed E-state index contributed by atoms with van der Waals surface area (Å²) in [7, 11) is -12.3. The van der Waals surface area contributed by atoms with Crippen LogP contribution in [0.5, 0.6) is 0 Å². The second-order valence-corrected chi connectivity index (χ2v) is 25.0. The van der Waals surface area contributed by atoms with Crippen LogP contribution in [0, 0.1) is 6.92 Å². The summed E-state index contributed by atoms with van der Waals surface area (Å²) in [5.41, 5.74) is 12.3. The third kappa shape index (κ3) is 18.8. The Labute approximate surface area is 398 Å². The highest BCUT2D eigenvalue weighted by molar-refractivity contribution is 6.67. The van der Waals surface area contributed by atoms with Gasteiger partial charge in [-0.1, -0.05) is 42.5 Å². The number of aliphatic imine (C=N–C) groups is 1. The first-order chi connectivity index (χ1) is 31.4. The van der Waals surface area contributed by atoms with E-state index in [2.05, 4.69) is 56.3 Å². The molecule has 0 radical (unpaired) electrons. The van der Waals surface area contributed by atoms with Gasteiger partial charge < -0.3 is 53.1 Å². The molecule has 0 amide bonds. The van der Waals surface area contributed by atoms with Gasteiger partial charge in [-0.15, -0.1) is 0 Å². The Morgan fingerprint density at radius 1 is 0.477 bits per heavy atom. The van der Waals surface area contributed by atoms with Crippen LogP contribution in [0.1, 0.15) is 129 Å². The molecule has 0 N–H and O–H groups in total. The van der Waals surface area contributed by atoms with E-state index in [-0.39, 0.29) is 0 Å². The van der Waals surface area contributed by atoms with Crippen molar-refractivity contribution >= 4 is 53.1 Å². The molecule has 0 saturated heterocycles. The Balaban J connectivity index is 3.00. The highest BCUT2D eigenvalue weighted by atomic mass is 28.4. The quantitative estimate of drug-likeness (QED) is 0.0473. The van der Waals surface area contributed by atoms with Crippen molar-refractivity contribution in [1.82, 2.24) is 0 Å². The van der Waals surface area contributed by atoms with Gasteiger partial charge in [0.15, 0.2) is 0 Å². The van der Waals surface area contributed by atoms with Crippen LogP contribution in [-0.4, -0.2) is 120 Å². The zero-order valence-electron chi connectivity index (χ0n) is 42.6. The highest BCUT2D eigenvalue weighted by Gasteiger charge is 2.42. The van der Waals surface area contributed by atoms with Crippen molar-refractivity contribution in [1.29, 1.82) is 0 Å². The Bertz CT molecular complexity index is 1560. The van der Waals surface area contributed by atoms with Crippen molar-refractivity contribution in [2.75, 3.05) is 79.3 Å². The van der Waals surface area contributed by atoms with Crippen molar-refractivity contribution in [3.63, 3.8) is 0 Å². The van der Waals surface area contributed by atoms with Crippen LogP contribution >= 0.6 is 0 Å². The number of hydrogen-bond donors (Lipinski definition) is 0. The molecule has 0 aliphatic rings. The third-order valence-corrected chi connectivity index (χ3v) is 21.5. The molecule has 0 spiro atoms. The standard InChI is InChI=1S/C48H85NO12Si4/c1-15-50-62(51-16-2,52-17-3)34-30-43-28-27-29-44(31-35-63(53-18-4,54-19-5)55-20-6)48(43)42(14)49-40-47-45(32-36-64(56-21-7,57-22-8)58-23-9)38-41(13)39-46(47)33-37-65(59-24-10,60-25-11)61-26-12/h27-29,32-33,36-39H,15-26,30-31,34-35,40H2,1-14H3/b36-32+,37-33+,49-42?. The molecule has 370 valence electrons. The fourth-order valence-electron chi connectivity index (χ4n) is 7.87. The number of hydrogen-bond acceptors (Lipinski definition) is 13. The highest BCUT2D eigenvalue weighted by Crippen LogP contribution is 2.29. The van der Waals surface area contributed by atoms with Gasteiger partial charge in [0.05, 0.1) is 6.54 Å². The summed E-state index contributed by atoms with van der Waals surface area (Å²) in [5, 5.41) is 0. The van der Waals surface area contributed by atoms with Crippen molar-refractivity contribution in [3.05, 3.63) is 80.7 Å². The zero-order valence-corrected chi connectivity index (χ0v) is 46.6. The molecule has 17 heteroatoms. The molecule has 0 aliphatic carbocycles. The maximum Gasteiger partial charge on any atom is 0.529 e. The molecular weight excluding hydrogens is 895 g/mol. The van der Waals surface area contributed by atoms with Crippen LogP contribution in [0.3, 0.4) is 0 Å². The van der Waals surface area contributed by atoms with Gasteiger partial charge in [-0.25, -0.2) is 0 Å². The van der Waals surface area contributed by atoms with Crippen LogP contribution in [0.15, 0.2) is 46.7 Å². The molecule has 0 aliphatic heterocycles. The van der Waals surface area contributed by atoms with Gasteiger partial charge in [0.25, 0.3) is 0 Å². The molecule has 0 bridgehead atoms. The average Bonchev–Trinajstić information content (AvgIpc) is 3.27. The van der Waals surface area contributed by atoms with E-state index in [4.69, 9.17) is 58.1 Å². The summed E-state index contributed by atoms with van der Waals surface area (Å²) >= 11 is 0. The summed E-state index contributed by atoms with van der Waals surface area (Å²) < 4.78 is 75.4. The monoisotopic (exact) mass is 980 g/mol. The normalized spacial score (nSPS) is 13.3. The fourth-order valence-corrected chi connectivity index (χ4v) is 17.3. The minimum absolute atomic E-state index is 0.364. The van der Waals surface area contributed by atoms with Gasteiger partial charge in [-0.3, -0.25) is 4.99 Å². The summed E-state index contributed by atoms with van der Waals surface area (Å²) in [6.07, 6.45) is 5.51. The second kappa shape index (κ2) is 31.9. The first-order valence-corrected chi connectivity index (χ1v) is 31.6. The van der Waals surface area contributed by atoms with Crippen LogP contribution in [-0.2, 0) is 72.5 Å². The van der Waals surface area contributed by atoms with Crippen LogP contribution in [0.2, 0.25) is 12.1 Å². The second-order valence-electron chi connectivity index (χ2n) is 14.7. The van der Waals surface area contributed by atoms with Gasteiger partial charge in [-0.2, -0.15) is 0 Å². The molecular formula is C48H85NO12Si4. The molecule has 0 heterocycles. The smallest absolute Gasteiger partial charge is 0.374 e. The summed E-state index contributed by atoms with van der Waals surface area (Å²) in [4.78, 5) is 5.47. The molecule has 0 unspecified atom stereocenters. The Kier molecular flexibility index (Phi) is 29.0. The molecule has 65 heavy (non-hydrogen) atoms. The molecule has 2 aromatic rings. The van der Waals surface area contributed by atoms with Gasteiger partial charge in [0.2, 0.25) is 0 Å². The van der Waals surface area contributed by atoms with Crippen molar-refractivity contribution < 1.29 is 53.1 Å². The summed E-state index contributed by atoms with van der Waals surface area (Å²) in [6, 6.07) is 12.1. The molecule has 2 rings (SSSR count). The van der Waals surface area contributed by atoms with Crippen molar-refractivity contribution in [3.8, 4) is 0 Å².